The van der Waals surface area contributed by atoms with Crippen LogP contribution in [-0.2, 0) is 11.4 Å². The Balaban J connectivity index is 1.82. The standard InChI is InChI=1S/C12H21NOS/c1-12(2,3)15(14)13-8-9-4-5-10-7-11(10)6-9/h8-11H,4-7H2,1-3H3/b13-8+. The summed E-state index contributed by atoms with van der Waals surface area (Å²) in [5, 5.41) is 0. The van der Waals surface area contributed by atoms with Crippen molar-refractivity contribution in [3.8, 4) is 0 Å². The van der Waals surface area contributed by atoms with Crippen molar-refractivity contribution in [3.63, 3.8) is 0 Å². The van der Waals surface area contributed by atoms with E-state index in [1.54, 1.807) is 0 Å². The maximum atomic E-state index is 11.7. The summed E-state index contributed by atoms with van der Waals surface area (Å²) in [6.07, 6.45) is 7.31. The lowest BCUT2D eigenvalue weighted by atomic mass is 9.90. The number of hydrogen-bond acceptors (Lipinski definition) is 2. The molecule has 0 aromatic carbocycles. The van der Waals surface area contributed by atoms with E-state index in [0.717, 1.165) is 11.8 Å². The topological polar surface area (TPSA) is 35.4 Å². The molecule has 0 radical (unpaired) electrons. The van der Waals surface area contributed by atoms with Crippen LogP contribution in [0.5, 0.6) is 0 Å². The highest BCUT2D eigenvalue weighted by Crippen LogP contribution is 2.50. The van der Waals surface area contributed by atoms with Gasteiger partial charge in [-0.05, 0) is 64.2 Å². The number of nitrogens with zero attached hydrogens (tertiary/aromatic N) is 1. The molecule has 0 heterocycles. The molecule has 0 aromatic heterocycles. The molecule has 0 aromatic rings. The molecule has 2 aliphatic carbocycles. The maximum absolute atomic E-state index is 11.7. The minimum absolute atomic E-state index is 0.215. The molecule has 2 nitrogen and oxygen atoms in total. The molecule has 0 bridgehead atoms. The lowest BCUT2D eigenvalue weighted by Crippen LogP contribution is -2.26. The smallest absolute Gasteiger partial charge is 0.144 e. The van der Waals surface area contributed by atoms with E-state index in [9.17, 15) is 4.55 Å². The van der Waals surface area contributed by atoms with Gasteiger partial charge in [0, 0.05) is 0 Å². The molecule has 0 saturated heterocycles. The van der Waals surface area contributed by atoms with Gasteiger partial charge in [-0.3, -0.25) is 0 Å². The Morgan fingerprint density at radius 3 is 2.53 bits per heavy atom. The Hall–Kier alpha value is -0.0200. The van der Waals surface area contributed by atoms with E-state index in [0.29, 0.717) is 5.92 Å². The monoisotopic (exact) mass is 227 g/mol. The van der Waals surface area contributed by atoms with E-state index >= 15 is 0 Å². The van der Waals surface area contributed by atoms with Crippen LogP contribution in [0, 0.1) is 17.8 Å². The molecular formula is C12H21NOS. The van der Waals surface area contributed by atoms with Crippen LogP contribution in [0.15, 0.2) is 4.40 Å². The fourth-order valence-electron chi connectivity index (χ4n) is 2.32. The molecule has 2 aliphatic rings. The highest BCUT2D eigenvalue weighted by Gasteiger charge is 2.41. The van der Waals surface area contributed by atoms with Gasteiger partial charge in [-0.25, -0.2) is 0 Å². The van der Waals surface area contributed by atoms with Gasteiger partial charge in [0.25, 0.3) is 0 Å². The minimum atomic E-state index is -1.07. The normalized spacial score (nSPS) is 37.7. The molecule has 4 atom stereocenters. The van der Waals surface area contributed by atoms with Crippen molar-refractivity contribution >= 4 is 17.6 Å². The highest BCUT2D eigenvalue weighted by atomic mass is 32.2. The third kappa shape index (κ3) is 2.97. The van der Waals surface area contributed by atoms with Crippen LogP contribution >= 0.6 is 0 Å². The first-order valence-electron chi connectivity index (χ1n) is 5.93. The summed E-state index contributed by atoms with van der Waals surface area (Å²) in [4.78, 5) is 0. The lowest BCUT2D eigenvalue weighted by molar-refractivity contribution is 0.424. The van der Waals surface area contributed by atoms with Crippen LogP contribution in [-0.4, -0.2) is 15.5 Å². The van der Waals surface area contributed by atoms with Crippen LogP contribution in [0.3, 0.4) is 0 Å². The molecule has 0 N–H and O–H groups in total. The molecule has 0 spiro atoms. The Morgan fingerprint density at radius 1 is 1.20 bits per heavy atom. The fourth-order valence-corrected chi connectivity index (χ4v) is 2.92. The summed E-state index contributed by atoms with van der Waals surface area (Å²) in [5.41, 5.74) is 0. The van der Waals surface area contributed by atoms with Crippen LogP contribution in [0.2, 0.25) is 0 Å². The number of hydrogen-bond donors (Lipinski definition) is 0. The number of fused-ring (bicyclic) bond motifs is 1. The largest absolute Gasteiger partial charge is 0.591 e. The van der Waals surface area contributed by atoms with E-state index in [4.69, 9.17) is 0 Å². The van der Waals surface area contributed by atoms with Gasteiger partial charge in [-0.1, -0.05) is 4.40 Å². The predicted octanol–water partition coefficient (Wildman–Crippen LogP) is 2.96. The molecule has 15 heavy (non-hydrogen) atoms. The van der Waals surface area contributed by atoms with Crippen LogP contribution in [0.25, 0.3) is 0 Å². The van der Waals surface area contributed by atoms with E-state index < -0.39 is 11.4 Å². The minimum Gasteiger partial charge on any atom is -0.591 e. The second kappa shape index (κ2) is 4.10. The maximum Gasteiger partial charge on any atom is 0.144 e. The average Bonchev–Trinajstić information content (AvgIpc) is 2.90. The SMILES string of the molecule is CC(C)(C)[S+]([O-])/N=C/C1CCC2CC2C1. The predicted molar refractivity (Wildman–Crippen MR) is 65.3 cm³/mol. The van der Waals surface area contributed by atoms with E-state index in [2.05, 4.69) is 4.40 Å². The van der Waals surface area contributed by atoms with Crippen molar-refractivity contribution in [3.05, 3.63) is 0 Å². The summed E-state index contributed by atoms with van der Waals surface area (Å²) < 4.78 is 15.7. The van der Waals surface area contributed by atoms with E-state index in [1.165, 1.54) is 25.7 Å². The third-order valence-corrected chi connectivity index (χ3v) is 4.83. The van der Waals surface area contributed by atoms with Gasteiger partial charge in [0.2, 0.25) is 0 Å². The Bertz CT molecular complexity index is 259. The molecule has 0 aliphatic heterocycles. The first-order valence-corrected chi connectivity index (χ1v) is 7.03. The molecule has 2 rings (SSSR count). The lowest BCUT2D eigenvalue weighted by Gasteiger charge is -2.20. The van der Waals surface area contributed by atoms with Gasteiger partial charge in [-0.15, -0.1) is 0 Å². The Labute approximate surface area is 95.9 Å². The Kier molecular flexibility index (Phi) is 3.13. The average molecular weight is 227 g/mol. The van der Waals surface area contributed by atoms with Crippen molar-refractivity contribution in [1.29, 1.82) is 0 Å². The summed E-state index contributed by atoms with van der Waals surface area (Å²) in [6, 6.07) is 0. The summed E-state index contributed by atoms with van der Waals surface area (Å²) >= 11 is -1.07. The van der Waals surface area contributed by atoms with Gasteiger partial charge in [0.05, 0.1) is 6.21 Å². The van der Waals surface area contributed by atoms with Crippen molar-refractivity contribution in [1.82, 2.24) is 0 Å². The first kappa shape index (κ1) is 11.5. The zero-order valence-corrected chi connectivity index (χ0v) is 10.7. The van der Waals surface area contributed by atoms with Crippen molar-refractivity contribution in [2.45, 2.75) is 51.2 Å². The molecule has 2 fully saturated rings. The Morgan fingerprint density at radius 2 is 1.93 bits per heavy atom. The summed E-state index contributed by atoms with van der Waals surface area (Å²) in [6.45, 7) is 5.91. The van der Waals surface area contributed by atoms with Crippen molar-refractivity contribution in [2.75, 3.05) is 0 Å². The third-order valence-electron chi connectivity index (χ3n) is 3.47. The summed E-state index contributed by atoms with van der Waals surface area (Å²) in [5.74, 6) is 2.60. The molecule has 4 unspecified atom stereocenters. The second-order valence-corrected chi connectivity index (χ2v) is 7.88. The first-order chi connectivity index (χ1) is 6.97. The zero-order chi connectivity index (χ0) is 11.1. The number of rotatable bonds is 2. The summed E-state index contributed by atoms with van der Waals surface area (Å²) in [7, 11) is 0. The van der Waals surface area contributed by atoms with Crippen LogP contribution < -0.4 is 0 Å². The van der Waals surface area contributed by atoms with E-state index in [-0.39, 0.29) is 4.75 Å². The molecular weight excluding hydrogens is 206 g/mol. The fraction of sp³-hybridized carbons (Fsp3) is 0.917. The second-order valence-electron chi connectivity index (χ2n) is 5.95. The zero-order valence-electron chi connectivity index (χ0n) is 9.90. The van der Waals surface area contributed by atoms with Crippen LogP contribution in [0.4, 0.5) is 0 Å². The van der Waals surface area contributed by atoms with Gasteiger partial charge in [0.1, 0.15) is 16.1 Å². The van der Waals surface area contributed by atoms with Crippen LogP contribution in [0.1, 0.15) is 46.5 Å². The molecule has 2 saturated carbocycles. The molecule has 3 heteroatoms. The van der Waals surface area contributed by atoms with Gasteiger partial charge < -0.3 is 4.55 Å². The molecule has 0 amide bonds. The van der Waals surface area contributed by atoms with Gasteiger partial charge >= 0.3 is 0 Å². The van der Waals surface area contributed by atoms with Crippen molar-refractivity contribution in [2.24, 2.45) is 22.2 Å². The highest BCUT2D eigenvalue weighted by molar-refractivity contribution is 7.91. The van der Waals surface area contributed by atoms with E-state index in [1.807, 2.05) is 27.0 Å². The quantitative estimate of drug-likeness (QED) is 0.527. The van der Waals surface area contributed by atoms with Gasteiger partial charge in [0.15, 0.2) is 0 Å². The van der Waals surface area contributed by atoms with Crippen molar-refractivity contribution < 1.29 is 4.55 Å². The molecule has 86 valence electrons. The van der Waals surface area contributed by atoms with Gasteiger partial charge in [-0.2, -0.15) is 0 Å².